The number of carbonyl (C=O) groups excluding carboxylic acids is 2. The predicted octanol–water partition coefficient (Wildman–Crippen LogP) is 3.59. The number of nitrogens with zero attached hydrogens (tertiary/aromatic N) is 4. The first-order chi connectivity index (χ1) is 15.0. The van der Waals surface area contributed by atoms with Crippen LogP contribution in [0.15, 0.2) is 42.6 Å². The largest absolute Gasteiger partial charge is 0.476 e. The van der Waals surface area contributed by atoms with Crippen LogP contribution in [0.3, 0.4) is 0 Å². The van der Waals surface area contributed by atoms with Crippen molar-refractivity contribution in [2.75, 3.05) is 12.2 Å². The number of carboxylic acid groups (broad SMARTS) is 1. The van der Waals surface area contributed by atoms with Gasteiger partial charge in [-0.3, -0.25) is 14.4 Å². The lowest BCUT2D eigenvalue weighted by molar-refractivity contribution is 0.0689. The van der Waals surface area contributed by atoms with Gasteiger partial charge in [0.2, 0.25) is 0 Å². The summed E-state index contributed by atoms with van der Waals surface area (Å²) in [7, 11) is 1.37. The van der Waals surface area contributed by atoms with E-state index in [1.807, 2.05) is 27.7 Å². The van der Waals surface area contributed by atoms with Crippen LogP contribution >= 0.6 is 0 Å². The number of hydroxylamine groups is 1. The van der Waals surface area contributed by atoms with Gasteiger partial charge in [0.05, 0.1) is 24.7 Å². The minimum atomic E-state index is -1.20. The maximum atomic E-state index is 13.3. The highest BCUT2D eigenvalue weighted by atomic mass is 16.7. The number of anilines is 1. The predicted molar refractivity (Wildman–Crippen MR) is 117 cm³/mol. The van der Waals surface area contributed by atoms with E-state index in [4.69, 9.17) is 9.94 Å². The van der Waals surface area contributed by atoms with Crippen molar-refractivity contribution in [1.82, 2.24) is 15.0 Å². The Morgan fingerprint density at radius 1 is 1.16 bits per heavy atom. The van der Waals surface area contributed by atoms with Crippen molar-refractivity contribution in [3.8, 4) is 5.69 Å². The van der Waals surface area contributed by atoms with Crippen molar-refractivity contribution in [3.63, 3.8) is 0 Å². The summed E-state index contributed by atoms with van der Waals surface area (Å²) in [6.07, 6.45) is 2.00. The summed E-state index contributed by atoms with van der Waals surface area (Å²) in [6.45, 7) is 7.84. The Balaban J connectivity index is 2.04. The molecule has 3 aromatic rings. The summed E-state index contributed by atoms with van der Waals surface area (Å²) in [4.78, 5) is 41.3. The number of aromatic carboxylic acids is 1. The van der Waals surface area contributed by atoms with Gasteiger partial charge in [-0.2, -0.15) is 5.06 Å². The summed E-state index contributed by atoms with van der Waals surface area (Å²) < 4.78 is 1.30. The Morgan fingerprint density at radius 3 is 2.44 bits per heavy atom. The van der Waals surface area contributed by atoms with E-state index in [2.05, 4.69) is 10.3 Å². The van der Waals surface area contributed by atoms with E-state index < -0.39 is 11.9 Å². The highest BCUT2D eigenvalue weighted by molar-refractivity contribution is 6.05. The fourth-order valence-electron chi connectivity index (χ4n) is 3.14. The number of aromatic nitrogens is 3. The van der Waals surface area contributed by atoms with Crippen LogP contribution in [0.25, 0.3) is 5.69 Å². The van der Waals surface area contributed by atoms with Gasteiger partial charge < -0.3 is 5.11 Å². The van der Waals surface area contributed by atoms with Crippen LogP contribution in [0.1, 0.15) is 63.1 Å². The average molecular weight is 436 g/mol. The molecule has 32 heavy (non-hydrogen) atoms. The zero-order chi connectivity index (χ0) is 23.6. The molecule has 2 aromatic carbocycles. The molecule has 1 amide bonds. The van der Waals surface area contributed by atoms with E-state index >= 15 is 0 Å². The summed E-state index contributed by atoms with van der Waals surface area (Å²) in [5, 5.41) is 17.7. The second-order valence-electron chi connectivity index (χ2n) is 8.32. The molecule has 0 saturated carbocycles. The molecule has 0 saturated heterocycles. The number of rotatable bonds is 6. The molecule has 0 bridgehead atoms. The first-order valence-corrected chi connectivity index (χ1v) is 9.81. The molecule has 0 aliphatic carbocycles. The molecule has 9 heteroatoms. The number of hydrogen-bond acceptors (Lipinski definition) is 6. The van der Waals surface area contributed by atoms with E-state index in [0.29, 0.717) is 16.9 Å². The summed E-state index contributed by atoms with van der Waals surface area (Å²) in [5.74, 6) is -1.66. The van der Waals surface area contributed by atoms with Gasteiger partial charge in [0.1, 0.15) is 6.29 Å². The van der Waals surface area contributed by atoms with Crippen LogP contribution in [-0.2, 0) is 10.3 Å². The Labute approximate surface area is 185 Å². The molecule has 9 nitrogen and oxygen atoms in total. The third-order valence-electron chi connectivity index (χ3n) is 4.96. The Bertz CT molecular complexity index is 1190. The van der Waals surface area contributed by atoms with Gasteiger partial charge in [-0.1, -0.05) is 32.1 Å². The van der Waals surface area contributed by atoms with Crippen molar-refractivity contribution >= 4 is 23.9 Å². The molecule has 0 unspecified atom stereocenters. The lowest BCUT2D eigenvalue weighted by Gasteiger charge is -2.25. The van der Waals surface area contributed by atoms with E-state index in [-0.39, 0.29) is 16.7 Å². The van der Waals surface area contributed by atoms with Crippen LogP contribution in [0.5, 0.6) is 0 Å². The number of aldehydes is 1. The molecule has 0 radical (unpaired) electrons. The van der Waals surface area contributed by atoms with Gasteiger partial charge in [0.25, 0.3) is 5.91 Å². The zero-order valence-corrected chi connectivity index (χ0v) is 18.5. The van der Waals surface area contributed by atoms with Crippen molar-refractivity contribution in [2.24, 2.45) is 0 Å². The normalized spacial score (nSPS) is 11.3. The molecule has 1 aromatic heterocycles. The van der Waals surface area contributed by atoms with Crippen LogP contribution in [0.4, 0.5) is 5.69 Å². The highest BCUT2D eigenvalue weighted by Crippen LogP contribution is 2.29. The summed E-state index contributed by atoms with van der Waals surface area (Å²) in [5.41, 5.74) is 2.82. The quantitative estimate of drug-likeness (QED) is 0.464. The Kier molecular flexibility index (Phi) is 6.22. The van der Waals surface area contributed by atoms with Crippen LogP contribution < -0.4 is 5.06 Å². The van der Waals surface area contributed by atoms with Crippen molar-refractivity contribution in [2.45, 2.75) is 33.1 Å². The lowest BCUT2D eigenvalue weighted by Crippen LogP contribution is -2.30. The minimum absolute atomic E-state index is 0.208. The zero-order valence-electron chi connectivity index (χ0n) is 18.5. The maximum Gasteiger partial charge on any atom is 0.358 e. The third kappa shape index (κ3) is 4.57. The molecular weight excluding hydrogens is 412 g/mol. The molecule has 0 fully saturated rings. The first kappa shape index (κ1) is 22.8. The van der Waals surface area contributed by atoms with Gasteiger partial charge in [0, 0.05) is 11.1 Å². The molecular formula is C23H24N4O5. The number of carboxylic acids is 1. The SMILES string of the molecule is CON(C(=O)c1ccc(C)c(-n2cc(C(=O)O)nn2)c1)c1cc(C=O)cc(C(C)(C)C)c1. The van der Waals surface area contributed by atoms with Gasteiger partial charge in [-0.25, -0.2) is 9.48 Å². The van der Waals surface area contributed by atoms with Gasteiger partial charge in [-0.15, -0.1) is 5.10 Å². The van der Waals surface area contributed by atoms with Gasteiger partial charge in [0.15, 0.2) is 5.69 Å². The van der Waals surface area contributed by atoms with Crippen LogP contribution in [0, 0.1) is 6.92 Å². The summed E-state index contributed by atoms with van der Waals surface area (Å²) in [6, 6.07) is 10.1. The minimum Gasteiger partial charge on any atom is -0.476 e. The van der Waals surface area contributed by atoms with Gasteiger partial charge >= 0.3 is 5.97 Å². The first-order valence-electron chi connectivity index (χ1n) is 9.81. The van der Waals surface area contributed by atoms with Crippen LogP contribution in [-0.4, -0.2) is 45.4 Å². The number of carbonyl (C=O) groups is 3. The smallest absolute Gasteiger partial charge is 0.358 e. The molecule has 3 rings (SSSR count). The Morgan fingerprint density at radius 2 is 1.88 bits per heavy atom. The van der Waals surface area contributed by atoms with Crippen molar-refractivity contribution < 1.29 is 24.3 Å². The highest BCUT2D eigenvalue weighted by Gasteiger charge is 2.23. The molecule has 0 aliphatic rings. The second-order valence-corrected chi connectivity index (χ2v) is 8.32. The van der Waals surface area contributed by atoms with E-state index in [9.17, 15) is 14.4 Å². The maximum absolute atomic E-state index is 13.3. The average Bonchev–Trinajstić information content (AvgIpc) is 3.24. The fourth-order valence-corrected chi connectivity index (χ4v) is 3.14. The topological polar surface area (TPSA) is 115 Å². The standard InChI is InChI=1S/C23H24N4O5/c1-14-6-7-16(10-20(14)26-12-19(22(30)31)24-25-26)21(29)27(32-5)18-9-15(13-28)8-17(11-18)23(2,3)4/h6-13H,1-5H3,(H,30,31). The van der Waals surface area contributed by atoms with Crippen molar-refractivity contribution in [3.05, 3.63) is 70.5 Å². The van der Waals surface area contributed by atoms with Gasteiger partial charge in [-0.05, 0) is 53.8 Å². The van der Waals surface area contributed by atoms with E-state index in [0.717, 1.165) is 22.5 Å². The molecule has 0 aliphatic heterocycles. The third-order valence-corrected chi connectivity index (χ3v) is 4.96. The van der Waals surface area contributed by atoms with Crippen molar-refractivity contribution in [1.29, 1.82) is 0 Å². The number of benzene rings is 2. The fraction of sp³-hybridized carbons (Fsp3) is 0.261. The molecule has 1 heterocycles. The number of aryl methyl sites for hydroxylation is 1. The van der Waals surface area contributed by atoms with E-state index in [1.165, 1.54) is 18.0 Å². The number of amides is 1. The Hall–Kier alpha value is -3.85. The molecule has 1 N–H and O–H groups in total. The number of hydrogen-bond donors (Lipinski definition) is 1. The molecule has 166 valence electrons. The second kappa shape index (κ2) is 8.72. The van der Waals surface area contributed by atoms with Crippen LogP contribution in [0.2, 0.25) is 0 Å². The molecule has 0 atom stereocenters. The van der Waals surface area contributed by atoms with E-state index in [1.54, 1.807) is 36.4 Å². The monoisotopic (exact) mass is 436 g/mol. The molecule has 0 spiro atoms. The lowest BCUT2D eigenvalue weighted by atomic mass is 9.86. The summed E-state index contributed by atoms with van der Waals surface area (Å²) >= 11 is 0.